The number of Topliss-reactive ketones (excluding diaryl/α,β-unsaturated/α-hetero) is 1. The molecular formula is C46H75N3O12. The van der Waals surface area contributed by atoms with Crippen molar-refractivity contribution in [1.82, 2.24) is 15.8 Å². The quantitative estimate of drug-likeness (QED) is 0.0917. The Bertz CT molecular complexity index is 1560. The number of hydrogen-bond acceptors (Lipinski definition) is 13. The van der Waals surface area contributed by atoms with Crippen molar-refractivity contribution in [1.29, 1.82) is 0 Å². The number of allylic oxidation sites excluding steroid dienone is 2. The molecule has 2 amide bonds. The number of aliphatic hydroxyl groups is 3. The summed E-state index contributed by atoms with van der Waals surface area (Å²) in [5.41, 5.74) is 6.94. The smallest absolute Gasteiger partial charge is 0.333 e. The molecule has 0 spiro atoms. The lowest BCUT2D eigenvalue weighted by Crippen LogP contribution is -2.64. The van der Waals surface area contributed by atoms with Crippen LogP contribution < -0.4 is 10.9 Å². The first-order valence-electron chi connectivity index (χ1n) is 22.3. The predicted octanol–water partition coefficient (Wildman–Crippen LogP) is 3.94. The van der Waals surface area contributed by atoms with Crippen LogP contribution in [-0.2, 0) is 42.9 Å². The standard InChI is InChI=1S/C46H75N3O12/c1-11-14-33-20-26(2)19-27(3)21-39(58-9)42-40(59-10)23-29(5)46(56,61-42)43(53)44(54)49-18-13-12-15-35(49)45(55)60-41(30(6)37(52)25-34(33)48-47-31(7)50)28(4)22-32-16-17-36(51)38(24-32)57-8/h11-12,15,20,27-30,32-42,48,51-52,56H,1,13-14,16-19,21-25H2,2-10H3,(H,47,50)/b26-20+/t27-,28?,29+,30+,32-,33+,34?,35-,36+,37-,38+,39-,40-,41+,42+,46+/m0/s1. The van der Waals surface area contributed by atoms with Crippen LogP contribution in [0.15, 0.2) is 36.5 Å². The van der Waals surface area contributed by atoms with Crippen molar-refractivity contribution in [2.75, 3.05) is 27.9 Å². The van der Waals surface area contributed by atoms with Crippen molar-refractivity contribution < 1.29 is 58.2 Å². The topological polar surface area (TPSA) is 202 Å². The normalized spacial score (nSPS) is 40.1. The van der Waals surface area contributed by atoms with E-state index in [1.54, 1.807) is 26.2 Å². The number of fused-ring (bicyclic) bond motifs is 3. The van der Waals surface area contributed by atoms with Gasteiger partial charge in [0.1, 0.15) is 18.2 Å². The molecule has 1 aliphatic carbocycles. The fourth-order valence-electron chi connectivity index (χ4n) is 10.1. The van der Waals surface area contributed by atoms with Gasteiger partial charge in [-0.3, -0.25) is 19.8 Å². The predicted molar refractivity (Wildman–Crippen MR) is 228 cm³/mol. The zero-order valence-electron chi connectivity index (χ0n) is 37.9. The Morgan fingerprint density at radius 3 is 2.33 bits per heavy atom. The van der Waals surface area contributed by atoms with E-state index < -0.39 is 84.0 Å². The molecule has 4 aliphatic rings. The van der Waals surface area contributed by atoms with Gasteiger partial charge in [-0.05, 0) is 94.8 Å². The van der Waals surface area contributed by atoms with Gasteiger partial charge in [-0.1, -0.05) is 57.6 Å². The molecule has 2 bridgehead atoms. The van der Waals surface area contributed by atoms with Crippen molar-refractivity contribution in [2.24, 2.45) is 35.5 Å². The molecule has 0 aromatic heterocycles. The van der Waals surface area contributed by atoms with Crippen LogP contribution in [0, 0.1) is 35.5 Å². The van der Waals surface area contributed by atoms with Gasteiger partial charge in [0, 0.05) is 52.7 Å². The summed E-state index contributed by atoms with van der Waals surface area (Å²) < 4.78 is 30.1. The second-order valence-corrected chi connectivity index (χ2v) is 18.4. The molecule has 0 aromatic carbocycles. The van der Waals surface area contributed by atoms with Gasteiger partial charge >= 0.3 is 5.97 Å². The minimum absolute atomic E-state index is 0.0163. The van der Waals surface area contributed by atoms with E-state index in [-0.39, 0.29) is 55.1 Å². The Labute approximate surface area is 362 Å². The number of rotatable bonds is 10. The lowest BCUT2D eigenvalue weighted by Gasteiger charge is -2.46. The molecule has 16 atom stereocenters. The number of ether oxygens (including phenoxy) is 5. The lowest BCUT2D eigenvalue weighted by atomic mass is 9.76. The van der Waals surface area contributed by atoms with Gasteiger partial charge < -0.3 is 43.9 Å². The Morgan fingerprint density at radius 1 is 1.02 bits per heavy atom. The zero-order valence-corrected chi connectivity index (χ0v) is 37.9. The molecule has 0 radical (unpaired) electrons. The maximum Gasteiger partial charge on any atom is 0.333 e. The largest absolute Gasteiger partial charge is 0.460 e. The highest BCUT2D eigenvalue weighted by molar-refractivity contribution is 6.39. The summed E-state index contributed by atoms with van der Waals surface area (Å²) >= 11 is 0. The van der Waals surface area contributed by atoms with Crippen LogP contribution in [0.5, 0.6) is 0 Å². The molecule has 3 aliphatic heterocycles. The summed E-state index contributed by atoms with van der Waals surface area (Å²) in [6.45, 7) is 14.9. The number of hydrogen-bond donors (Lipinski definition) is 5. The SMILES string of the molecule is C=CC[C@@H]1/C=C(\C)C[C@H](C)C[C@H](OC)[C@H]2O[C@@](O)(C(=O)C(=O)N3CCC=C[C@H]3C(=O)O[C@H](C(C)C[C@@H]3CC[C@@H](O)[C@H](OC)C3)[C@H](C)[C@@H](O)CC1NNC(C)=O)[C@H](C)C[C@@H]2OC. The number of hydrazine groups is 1. The van der Waals surface area contributed by atoms with Crippen LogP contribution in [0.4, 0.5) is 0 Å². The average molecular weight is 862 g/mol. The highest BCUT2D eigenvalue weighted by Crippen LogP contribution is 2.40. The monoisotopic (exact) mass is 862 g/mol. The van der Waals surface area contributed by atoms with Crippen molar-refractivity contribution in [3.63, 3.8) is 0 Å². The first-order valence-corrected chi connectivity index (χ1v) is 22.3. The van der Waals surface area contributed by atoms with E-state index in [0.29, 0.717) is 44.9 Å². The molecule has 1 saturated carbocycles. The number of nitrogens with zero attached hydrogens (tertiary/aromatic N) is 1. The second-order valence-electron chi connectivity index (χ2n) is 18.4. The van der Waals surface area contributed by atoms with Gasteiger partial charge in [0.15, 0.2) is 0 Å². The van der Waals surface area contributed by atoms with Gasteiger partial charge in [0.05, 0.1) is 30.5 Å². The molecule has 5 N–H and O–H groups in total. The molecule has 15 heteroatoms. The molecule has 2 unspecified atom stereocenters. The number of carbonyl (C=O) groups excluding carboxylic acids is 4. The van der Waals surface area contributed by atoms with E-state index in [1.807, 2.05) is 20.8 Å². The highest BCUT2D eigenvalue weighted by Gasteiger charge is 2.56. The molecule has 61 heavy (non-hydrogen) atoms. The van der Waals surface area contributed by atoms with Crippen molar-refractivity contribution in [3.05, 3.63) is 36.5 Å². The summed E-state index contributed by atoms with van der Waals surface area (Å²) in [7, 11) is 4.65. The Morgan fingerprint density at radius 2 is 1.69 bits per heavy atom. The molecule has 1 saturated heterocycles. The lowest BCUT2D eigenvalue weighted by molar-refractivity contribution is -0.302. The van der Waals surface area contributed by atoms with Crippen LogP contribution in [0.3, 0.4) is 0 Å². The van der Waals surface area contributed by atoms with Crippen LogP contribution in [0.2, 0.25) is 0 Å². The van der Waals surface area contributed by atoms with Crippen molar-refractivity contribution in [3.8, 4) is 0 Å². The minimum atomic E-state index is -2.53. The summed E-state index contributed by atoms with van der Waals surface area (Å²) in [5, 5.41) is 34.8. The summed E-state index contributed by atoms with van der Waals surface area (Å²) in [5.74, 6) is -7.69. The maximum absolute atomic E-state index is 14.5. The van der Waals surface area contributed by atoms with Gasteiger partial charge in [-0.25, -0.2) is 10.2 Å². The number of cyclic esters (lactones) is 1. The molecule has 346 valence electrons. The summed E-state index contributed by atoms with van der Waals surface area (Å²) in [4.78, 5) is 56.4. The average Bonchev–Trinajstić information content (AvgIpc) is 3.23. The molecule has 0 aromatic rings. The van der Waals surface area contributed by atoms with E-state index in [9.17, 15) is 34.5 Å². The van der Waals surface area contributed by atoms with Gasteiger partial charge in [0.2, 0.25) is 11.7 Å². The number of ketones is 1. The Kier molecular flexibility index (Phi) is 19.1. The second kappa shape index (κ2) is 23.1. The van der Waals surface area contributed by atoms with E-state index >= 15 is 0 Å². The molecular weight excluding hydrogens is 787 g/mol. The molecule has 15 nitrogen and oxygen atoms in total. The number of aliphatic hydroxyl groups excluding tert-OH is 2. The fourth-order valence-corrected chi connectivity index (χ4v) is 10.1. The van der Waals surface area contributed by atoms with Crippen LogP contribution >= 0.6 is 0 Å². The summed E-state index contributed by atoms with van der Waals surface area (Å²) in [6.07, 6.45) is 7.24. The number of methoxy groups -OCH3 is 3. The van der Waals surface area contributed by atoms with E-state index in [2.05, 4.69) is 30.4 Å². The number of carbonyl (C=O) groups is 4. The number of nitrogens with one attached hydrogen (secondary N) is 2. The maximum atomic E-state index is 14.5. The van der Waals surface area contributed by atoms with E-state index in [4.69, 9.17) is 23.7 Å². The first kappa shape index (κ1) is 50.6. The van der Waals surface area contributed by atoms with Crippen LogP contribution in [0.25, 0.3) is 0 Å². The Balaban J connectivity index is 1.81. The minimum Gasteiger partial charge on any atom is -0.460 e. The fraction of sp³-hybridized carbons (Fsp3) is 0.783. The van der Waals surface area contributed by atoms with Gasteiger partial charge in [-0.15, -0.1) is 6.58 Å². The third-order valence-electron chi connectivity index (χ3n) is 13.6. The molecule has 2 fully saturated rings. The van der Waals surface area contributed by atoms with Crippen molar-refractivity contribution >= 4 is 23.6 Å². The van der Waals surface area contributed by atoms with E-state index in [1.165, 1.54) is 27.2 Å². The number of amides is 2. The number of esters is 1. The van der Waals surface area contributed by atoms with E-state index in [0.717, 1.165) is 16.9 Å². The van der Waals surface area contributed by atoms with Crippen LogP contribution in [0.1, 0.15) is 106 Å². The van der Waals surface area contributed by atoms with Gasteiger partial charge in [-0.2, -0.15) is 0 Å². The molecule has 4 rings (SSSR count). The first-order chi connectivity index (χ1) is 28.9. The highest BCUT2D eigenvalue weighted by atomic mass is 16.7. The van der Waals surface area contributed by atoms with Crippen molar-refractivity contribution in [2.45, 2.75) is 166 Å². The third kappa shape index (κ3) is 12.8. The zero-order chi connectivity index (χ0) is 45.2. The summed E-state index contributed by atoms with van der Waals surface area (Å²) in [6, 6.07) is -1.75. The van der Waals surface area contributed by atoms with Gasteiger partial charge in [0.25, 0.3) is 11.7 Å². The third-order valence-corrected chi connectivity index (χ3v) is 13.6. The molecule has 3 heterocycles. The van der Waals surface area contributed by atoms with Crippen LogP contribution in [-0.4, -0.2) is 132 Å². The Hall–Kier alpha value is -3.02.